The maximum Gasteiger partial charge on any atom is 0.0726 e. The average Bonchev–Trinajstić information content (AvgIpc) is 4.04. The van der Waals surface area contributed by atoms with Crippen LogP contribution in [-0.4, -0.2) is 0 Å². The molecule has 0 aromatic heterocycles. The van der Waals surface area contributed by atoms with Gasteiger partial charge in [-0.05, 0) is 161 Å². The van der Waals surface area contributed by atoms with Gasteiger partial charge in [-0.3, -0.25) is 0 Å². The molecule has 0 heterocycles. The third-order valence-electron chi connectivity index (χ3n) is 15.9. The van der Waals surface area contributed by atoms with E-state index in [1.807, 2.05) is 0 Å². The second-order valence-corrected chi connectivity index (χ2v) is 22.2. The lowest BCUT2D eigenvalue weighted by molar-refractivity contribution is 0.586. The monoisotopic (exact) mass is 856 g/mol. The molecule has 1 nitrogen and oxygen atoms in total. The number of hydrogen-bond donors (Lipinski definition) is 0. The summed E-state index contributed by atoms with van der Waals surface area (Å²) in [6, 6.07) is 65.2. The standard InChI is InChI=1S/C65H61N/c1-62(2,3)43-27-33-53-54-34-28-44(63(4,5)6)38-60(54)65(59(53)37-43)57-24-16-14-22-51(57)55-36-32-47(40-61(55)65)66(46-31-35-52-50-21-13-15-23-56(50)64(7,8)58(52)39-46)45-29-25-42(26-30-45)49-20-12-11-19-48(49)41-17-9-10-18-41/h11-16,19-41H,9-10,17-18H2,1-8H3/i41D. The van der Waals surface area contributed by atoms with E-state index in [9.17, 15) is 1.37 Å². The van der Waals surface area contributed by atoms with Crippen molar-refractivity contribution in [2.45, 2.75) is 109 Å². The molecule has 0 saturated heterocycles. The summed E-state index contributed by atoms with van der Waals surface area (Å²) < 4.78 is 9.53. The number of benzene rings is 8. The first-order valence-corrected chi connectivity index (χ1v) is 24.4. The van der Waals surface area contributed by atoms with E-state index in [4.69, 9.17) is 0 Å². The molecule has 0 radical (unpaired) electrons. The SMILES string of the molecule is [2H]C1(c2ccccc2-c2ccc(N(c3ccc4c(c3)C(C)(C)c3ccccc3-4)c3ccc4c(c3)C3(c5ccccc5-4)c4cc(C(C)(C)C)ccc4-c4ccc(C(C)(C)C)cc43)cc2)CCCC1. The second kappa shape index (κ2) is 14.5. The summed E-state index contributed by atoms with van der Waals surface area (Å²) in [5, 5.41) is 0. The molecule has 0 atom stereocenters. The molecule has 0 aliphatic heterocycles. The maximum absolute atomic E-state index is 9.53. The van der Waals surface area contributed by atoms with E-state index in [0.29, 0.717) is 0 Å². The summed E-state index contributed by atoms with van der Waals surface area (Å²) in [4.78, 5) is 2.50. The van der Waals surface area contributed by atoms with Gasteiger partial charge in [-0.2, -0.15) is 0 Å². The molecule has 1 fully saturated rings. The average molecular weight is 857 g/mol. The molecule has 326 valence electrons. The van der Waals surface area contributed by atoms with E-state index < -0.39 is 11.3 Å². The molecule has 8 aromatic rings. The van der Waals surface area contributed by atoms with Crippen molar-refractivity contribution >= 4 is 17.1 Å². The molecule has 0 N–H and O–H groups in total. The fourth-order valence-electron chi connectivity index (χ4n) is 12.4. The van der Waals surface area contributed by atoms with Crippen molar-refractivity contribution in [1.82, 2.24) is 0 Å². The summed E-state index contributed by atoms with van der Waals surface area (Å²) in [5.41, 5.74) is 25.0. The highest BCUT2D eigenvalue weighted by Gasteiger charge is 2.52. The third-order valence-corrected chi connectivity index (χ3v) is 15.9. The first-order chi connectivity index (χ1) is 32.1. The van der Waals surface area contributed by atoms with E-state index in [1.165, 1.54) is 83.5 Å². The Morgan fingerprint density at radius 2 is 0.848 bits per heavy atom. The molecular weight excluding hydrogens is 795 g/mol. The maximum atomic E-state index is 9.53. The minimum Gasteiger partial charge on any atom is -0.310 e. The van der Waals surface area contributed by atoms with Crippen molar-refractivity contribution < 1.29 is 1.37 Å². The van der Waals surface area contributed by atoms with Crippen LogP contribution in [0.2, 0.25) is 0 Å². The van der Waals surface area contributed by atoms with E-state index in [2.05, 4.69) is 230 Å². The first-order valence-electron chi connectivity index (χ1n) is 24.9. The molecule has 66 heavy (non-hydrogen) atoms. The lowest BCUT2D eigenvalue weighted by atomic mass is 9.68. The smallest absolute Gasteiger partial charge is 0.0726 e. The fourth-order valence-corrected chi connectivity index (χ4v) is 12.4. The highest BCUT2D eigenvalue weighted by molar-refractivity contribution is 5.97. The van der Waals surface area contributed by atoms with Crippen LogP contribution in [0, 0.1) is 0 Å². The minimum atomic E-state index is -0.535. The highest BCUT2D eigenvalue weighted by atomic mass is 15.1. The predicted octanol–water partition coefficient (Wildman–Crippen LogP) is 17.7. The van der Waals surface area contributed by atoms with Crippen molar-refractivity contribution in [2.75, 3.05) is 4.90 Å². The number of hydrogen-bond acceptors (Lipinski definition) is 1. The van der Waals surface area contributed by atoms with Gasteiger partial charge < -0.3 is 4.90 Å². The summed E-state index contributed by atoms with van der Waals surface area (Å²) in [7, 11) is 0. The zero-order valence-corrected chi connectivity index (χ0v) is 39.9. The molecule has 0 amide bonds. The van der Waals surface area contributed by atoms with Crippen LogP contribution in [0.4, 0.5) is 17.1 Å². The quantitative estimate of drug-likeness (QED) is 0.167. The zero-order chi connectivity index (χ0) is 46.3. The number of anilines is 3. The Kier molecular flexibility index (Phi) is 8.78. The van der Waals surface area contributed by atoms with Gasteiger partial charge in [-0.1, -0.05) is 202 Å². The van der Waals surface area contributed by atoms with Crippen molar-refractivity contribution in [1.29, 1.82) is 0 Å². The second-order valence-electron chi connectivity index (χ2n) is 22.2. The minimum absolute atomic E-state index is 0.0206. The van der Waals surface area contributed by atoms with Crippen LogP contribution >= 0.6 is 0 Å². The van der Waals surface area contributed by atoms with Crippen molar-refractivity contribution in [3.63, 3.8) is 0 Å². The largest absolute Gasteiger partial charge is 0.310 e. The van der Waals surface area contributed by atoms with Crippen LogP contribution in [0.25, 0.3) is 44.5 Å². The molecule has 0 unspecified atom stereocenters. The highest BCUT2D eigenvalue weighted by Crippen LogP contribution is 2.64. The van der Waals surface area contributed by atoms with Crippen LogP contribution in [-0.2, 0) is 21.7 Å². The third kappa shape index (κ3) is 5.97. The Bertz CT molecular complexity index is 3240. The summed E-state index contributed by atoms with van der Waals surface area (Å²) >= 11 is 0. The van der Waals surface area contributed by atoms with Crippen LogP contribution in [0.3, 0.4) is 0 Å². The van der Waals surface area contributed by atoms with Gasteiger partial charge in [-0.25, -0.2) is 0 Å². The van der Waals surface area contributed by atoms with E-state index in [-0.39, 0.29) is 16.2 Å². The van der Waals surface area contributed by atoms with E-state index in [1.54, 1.807) is 0 Å². The normalized spacial score (nSPS) is 16.8. The van der Waals surface area contributed by atoms with Gasteiger partial charge in [0.1, 0.15) is 0 Å². The summed E-state index contributed by atoms with van der Waals surface area (Å²) in [6.45, 7) is 18.8. The van der Waals surface area contributed by atoms with Crippen LogP contribution in [0.1, 0.15) is 138 Å². The van der Waals surface area contributed by atoms with Crippen molar-refractivity contribution in [2.24, 2.45) is 0 Å². The molecule has 12 rings (SSSR count). The first kappa shape index (κ1) is 39.9. The molecule has 1 spiro atoms. The fraction of sp³-hybridized carbons (Fsp3) is 0.262. The lowest BCUT2D eigenvalue weighted by Crippen LogP contribution is -2.27. The number of nitrogens with zero attached hydrogens (tertiary/aromatic N) is 1. The van der Waals surface area contributed by atoms with Crippen molar-refractivity contribution in [3.8, 4) is 44.5 Å². The zero-order valence-electron chi connectivity index (χ0n) is 40.9. The lowest BCUT2D eigenvalue weighted by Gasteiger charge is -2.34. The van der Waals surface area contributed by atoms with Crippen molar-refractivity contribution in [3.05, 3.63) is 220 Å². The molecule has 4 aliphatic rings. The van der Waals surface area contributed by atoms with E-state index in [0.717, 1.165) is 53.9 Å². The number of fused-ring (bicyclic) bond motifs is 13. The molecule has 4 aliphatic carbocycles. The van der Waals surface area contributed by atoms with Crippen LogP contribution in [0.15, 0.2) is 170 Å². The Morgan fingerprint density at radius 1 is 0.424 bits per heavy atom. The van der Waals surface area contributed by atoms with E-state index >= 15 is 0 Å². The Labute approximate surface area is 394 Å². The Hall–Kier alpha value is -6.44. The molecule has 1 heteroatoms. The van der Waals surface area contributed by atoms with Gasteiger partial charge in [-0.15, -0.1) is 0 Å². The molecular formula is C65H61N. The van der Waals surface area contributed by atoms with Crippen LogP contribution < -0.4 is 4.90 Å². The Balaban J connectivity index is 1.10. The van der Waals surface area contributed by atoms with Gasteiger partial charge in [0.2, 0.25) is 0 Å². The van der Waals surface area contributed by atoms with Gasteiger partial charge in [0.05, 0.1) is 5.41 Å². The van der Waals surface area contributed by atoms with Gasteiger partial charge >= 0.3 is 0 Å². The molecule has 0 bridgehead atoms. The van der Waals surface area contributed by atoms with Gasteiger partial charge in [0.25, 0.3) is 0 Å². The van der Waals surface area contributed by atoms with Gasteiger partial charge in [0.15, 0.2) is 0 Å². The number of rotatable bonds is 5. The summed E-state index contributed by atoms with van der Waals surface area (Å²) in [5.74, 6) is -0.535. The van der Waals surface area contributed by atoms with Crippen LogP contribution in [0.5, 0.6) is 0 Å². The predicted molar refractivity (Wildman–Crippen MR) is 279 cm³/mol. The molecule has 1 saturated carbocycles. The summed E-state index contributed by atoms with van der Waals surface area (Å²) in [6.07, 6.45) is 4.08. The molecule has 8 aromatic carbocycles. The topological polar surface area (TPSA) is 3.24 Å². The Morgan fingerprint density at radius 3 is 1.42 bits per heavy atom. The van der Waals surface area contributed by atoms with Gasteiger partial charge in [0, 0.05) is 23.8 Å².